The van der Waals surface area contributed by atoms with Crippen LogP contribution in [0.2, 0.25) is 0 Å². The third-order valence-corrected chi connectivity index (χ3v) is 8.62. The molecule has 0 aliphatic carbocycles. The van der Waals surface area contributed by atoms with Gasteiger partial charge in [-0.15, -0.1) is 0 Å². The van der Waals surface area contributed by atoms with Gasteiger partial charge in [0, 0.05) is 13.1 Å². The number of sulfonamides is 1. The van der Waals surface area contributed by atoms with Crippen molar-refractivity contribution in [1.29, 1.82) is 0 Å². The first-order valence-corrected chi connectivity index (χ1v) is 15.3. The molecule has 43 heavy (non-hydrogen) atoms. The van der Waals surface area contributed by atoms with Gasteiger partial charge in [-0.2, -0.15) is 13.2 Å². The number of carbonyl (C=O) groups excluding carboxylic acids is 2. The Kier molecular flexibility index (Phi) is 11.3. The van der Waals surface area contributed by atoms with Gasteiger partial charge in [0.05, 0.1) is 16.1 Å². The lowest BCUT2D eigenvalue weighted by Crippen LogP contribution is -2.52. The summed E-state index contributed by atoms with van der Waals surface area (Å²) in [4.78, 5) is 28.1. The summed E-state index contributed by atoms with van der Waals surface area (Å²) >= 11 is 0. The number of aryl methyl sites for hydroxylation is 1. The molecule has 0 fully saturated rings. The highest BCUT2D eigenvalue weighted by molar-refractivity contribution is 7.92. The van der Waals surface area contributed by atoms with Crippen LogP contribution < -0.4 is 9.62 Å². The number of hydrogen-bond donors (Lipinski definition) is 1. The number of unbranched alkanes of at least 4 members (excludes halogenated alkanes) is 1. The van der Waals surface area contributed by atoms with Crippen molar-refractivity contribution in [2.45, 2.75) is 63.7 Å². The Balaban J connectivity index is 2.09. The average Bonchev–Trinajstić information content (AvgIpc) is 2.96. The predicted octanol–water partition coefficient (Wildman–Crippen LogP) is 6.07. The minimum atomic E-state index is -4.77. The zero-order valence-electron chi connectivity index (χ0n) is 24.2. The third-order valence-electron chi connectivity index (χ3n) is 6.83. The van der Waals surface area contributed by atoms with Crippen LogP contribution in [0.25, 0.3) is 0 Å². The number of carbonyl (C=O) groups is 2. The van der Waals surface area contributed by atoms with Gasteiger partial charge in [0.2, 0.25) is 11.8 Å². The van der Waals surface area contributed by atoms with E-state index in [-0.39, 0.29) is 23.5 Å². The van der Waals surface area contributed by atoms with E-state index in [0.717, 1.165) is 24.1 Å². The van der Waals surface area contributed by atoms with Gasteiger partial charge in [0.25, 0.3) is 10.0 Å². The van der Waals surface area contributed by atoms with E-state index in [1.165, 1.54) is 59.5 Å². The molecular formula is C31H35F4N3O4S. The zero-order chi connectivity index (χ0) is 31.8. The average molecular weight is 622 g/mol. The molecule has 1 N–H and O–H groups in total. The molecule has 1 atom stereocenters. The van der Waals surface area contributed by atoms with E-state index in [4.69, 9.17) is 0 Å². The number of amides is 2. The highest BCUT2D eigenvalue weighted by Gasteiger charge is 2.36. The maximum absolute atomic E-state index is 14.0. The van der Waals surface area contributed by atoms with Crippen LogP contribution in [-0.4, -0.2) is 44.3 Å². The minimum Gasteiger partial charge on any atom is -0.354 e. The van der Waals surface area contributed by atoms with Crippen molar-refractivity contribution in [2.75, 3.05) is 17.4 Å². The van der Waals surface area contributed by atoms with Crippen LogP contribution >= 0.6 is 0 Å². The van der Waals surface area contributed by atoms with Crippen molar-refractivity contribution in [3.63, 3.8) is 0 Å². The Morgan fingerprint density at radius 2 is 1.60 bits per heavy atom. The van der Waals surface area contributed by atoms with Crippen molar-refractivity contribution in [1.82, 2.24) is 10.2 Å². The van der Waals surface area contributed by atoms with Crippen LogP contribution in [0.15, 0.2) is 77.7 Å². The van der Waals surface area contributed by atoms with E-state index in [9.17, 15) is 35.6 Å². The number of hydrogen-bond acceptors (Lipinski definition) is 4. The molecule has 0 bridgehead atoms. The van der Waals surface area contributed by atoms with E-state index in [2.05, 4.69) is 5.32 Å². The van der Waals surface area contributed by atoms with Crippen LogP contribution in [0.1, 0.15) is 49.8 Å². The quantitative estimate of drug-likeness (QED) is 0.185. The largest absolute Gasteiger partial charge is 0.416 e. The lowest BCUT2D eigenvalue weighted by Gasteiger charge is -2.33. The fourth-order valence-corrected chi connectivity index (χ4v) is 5.82. The summed E-state index contributed by atoms with van der Waals surface area (Å²) < 4.78 is 82.8. The second-order valence-electron chi connectivity index (χ2n) is 10.1. The van der Waals surface area contributed by atoms with Gasteiger partial charge in [-0.3, -0.25) is 13.9 Å². The lowest BCUT2D eigenvalue weighted by atomic mass is 10.1. The number of nitrogens with zero attached hydrogens (tertiary/aromatic N) is 2. The number of halogens is 4. The molecule has 0 saturated heterocycles. The molecule has 0 saturated carbocycles. The number of benzene rings is 3. The maximum atomic E-state index is 14.0. The Hall–Kier alpha value is -3.93. The standard InChI is InChI=1S/C31H35F4N3O4S/c1-4-6-18-36-30(40)28(5-2)37(20-23-12-14-25(32)15-13-23)29(39)21-38(26-9-7-8-24(19-26)31(33,34)35)43(41,42)27-16-10-22(3)11-17-27/h7-17,19,28H,4-6,18,20-21H2,1-3H3,(H,36,40)/t28-/m0/s1. The summed E-state index contributed by atoms with van der Waals surface area (Å²) in [5.74, 6) is -1.79. The van der Waals surface area contributed by atoms with E-state index >= 15 is 0 Å². The molecule has 0 aliphatic heterocycles. The first-order chi connectivity index (χ1) is 20.3. The summed E-state index contributed by atoms with van der Waals surface area (Å²) in [5, 5.41) is 2.79. The van der Waals surface area contributed by atoms with Crippen LogP contribution in [0.4, 0.5) is 23.2 Å². The summed E-state index contributed by atoms with van der Waals surface area (Å²) in [6, 6.07) is 13.6. The second kappa shape index (κ2) is 14.5. The zero-order valence-corrected chi connectivity index (χ0v) is 25.0. The molecule has 0 aliphatic rings. The van der Waals surface area contributed by atoms with Crippen molar-refractivity contribution >= 4 is 27.5 Å². The molecule has 0 unspecified atom stereocenters. The molecular weight excluding hydrogens is 586 g/mol. The highest BCUT2D eigenvalue weighted by atomic mass is 32.2. The van der Waals surface area contributed by atoms with Crippen LogP contribution in [0.5, 0.6) is 0 Å². The molecule has 12 heteroatoms. The summed E-state index contributed by atoms with van der Waals surface area (Å²) in [5.41, 5.74) is -0.232. The Bertz CT molecular complexity index is 1490. The Morgan fingerprint density at radius 1 is 0.953 bits per heavy atom. The van der Waals surface area contributed by atoms with Gasteiger partial charge in [-0.1, -0.05) is 56.2 Å². The summed E-state index contributed by atoms with van der Waals surface area (Å²) in [6.45, 7) is 4.68. The van der Waals surface area contributed by atoms with Crippen molar-refractivity contribution in [3.05, 3.63) is 95.3 Å². The summed E-state index contributed by atoms with van der Waals surface area (Å²) in [6.07, 6.45) is -3.08. The fourth-order valence-electron chi connectivity index (χ4n) is 4.42. The van der Waals surface area contributed by atoms with Gasteiger partial charge < -0.3 is 10.2 Å². The first-order valence-electron chi connectivity index (χ1n) is 13.9. The van der Waals surface area contributed by atoms with Crippen LogP contribution in [0.3, 0.4) is 0 Å². The molecule has 0 radical (unpaired) electrons. The van der Waals surface area contributed by atoms with Gasteiger partial charge in [-0.25, -0.2) is 12.8 Å². The second-order valence-corrected chi connectivity index (χ2v) is 12.0. The maximum Gasteiger partial charge on any atom is 0.416 e. The van der Waals surface area contributed by atoms with E-state index in [1.807, 2.05) is 6.92 Å². The monoisotopic (exact) mass is 621 g/mol. The SMILES string of the molecule is CCCCNC(=O)[C@H](CC)N(Cc1ccc(F)cc1)C(=O)CN(c1cccc(C(F)(F)F)c1)S(=O)(=O)c1ccc(C)cc1. The molecule has 3 aromatic rings. The molecule has 0 aromatic heterocycles. The van der Waals surface area contributed by atoms with Gasteiger partial charge in [0.15, 0.2) is 0 Å². The molecule has 232 valence electrons. The number of anilines is 1. The van der Waals surface area contributed by atoms with E-state index in [1.54, 1.807) is 13.8 Å². The molecule has 7 nitrogen and oxygen atoms in total. The molecule has 0 heterocycles. The third kappa shape index (κ3) is 8.79. The molecule has 2 amide bonds. The van der Waals surface area contributed by atoms with Crippen molar-refractivity contribution < 1.29 is 35.6 Å². The highest BCUT2D eigenvalue weighted by Crippen LogP contribution is 2.33. The van der Waals surface area contributed by atoms with Crippen LogP contribution in [-0.2, 0) is 32.3 Å². The fraction of sp³-hybridized carbons (Fsp3) is 0.355. The predicted molar refractivity (Wildman–Crippen MR) is 156 cm³/mol. The van der Waals surface area contributed by atoms with Crippen molar-refractivity contribution in [3.8, 4) is 0 Å². The summed E-state index contributed by atoms with van der Waals surface area (Å²) in [7, 11) is -4.54. The minimum absolute atomic E-state index is 0.166. The Morgan fingerprint density at radius 3 is 2.19 bits per heavy atom. The van der Waals surface area contributed by atoms with Gasteiger partial charge in [-0.05, 0) is 67.8 Å². The lowest BCUT2D eigenvalue weighted by molar-refractivity contribution is -0.140. The molecule has 3 aromatic carbocycles. The normalized spacial score (nSPS) is 12.4. The van der Waals surface area contributed by atoms with Crippen LogP contribution in [0, 0.1) is 12.7 Å². The molecule has 0 spiro atoms. The van der Waals surface area contributed by atoms with Crippen molar-refractivity contribution in [2.24, 2.45) is 0 Å². The Labute approximate surface area is 249 Å². The van der Waals surface area contributed by atoms with Gasteiger partial charge in [0.1, 0.15) is 18.4 Å². The molecule has 3 rings (SSSR count). The first kappa shape index (κ1) is 33.6. The number of alkyl halides is 3. The number of nitrogens with one attached hydrogen (secondary N) is 1. The van der Waals surface area contributed by atoms with E-state index in [0.29, 0.717) is 28.9 Å². The smallest absolute Gasteiger partial charge is 0.354 e. The van der Waals surface area contributed by atoms with Gasteiger partial charge >= 0.3 is 6.18 Å². The number of rotatable bonds is 13. The topological polar surface area (TPSA) is 86.8 Å². The van der Waals surface area contributed by atoms with E-state index < -0.39 is 52.0 Å².